The number of nitrogens with one attached hydrogen (secondary N) is 1. The Morgan fingerprint density at radius 2 is 2.06 bits per heavy atom. The van der Waals surface area contributed by atoms with Crippen LogP contribution in [0.4, 0.5) is 0 Å². The average Bonchev–Trinajstić information content (AvgIpc) is 2.63. The molecule has 0 bridgehead atoms. The SMILES string of the molecule is CCN(CC)CC(C)NCc1cc(C)n(C)n1. The normalized spacial score (nSPS) is 13.3. The van der Waals surface area contributed by atoms with E-state index in [1.807, 2.05) is 11.7 Å². The zero-order valence-electron chi connectivity index (χ0n) is 11.8. The van der Waals surface area contributed by atoms with Gasteiger partial charge in [-0.3, -0.25) is 4.68 Å². The van der Waals surface area contributed by atoms with Crippen molar-refractivity contribution in [3.05, 3.63) is 17.5 Å². The molecule has 0 saturated heterocycles. The Kier molecular flexibility index (Phi) is 5.65. The quantitative estimate of drug-likeness (QED) is 0.782. The lowest BCUT2D eigenvalue weighted by atomic mass is 10.3. The van der Waals surface area contributed by atoms with E-state index in [0.29, 0.717) is 6.04 Å². The molecule has 0 aliphatic heterocycles. The molecule has 98 valence electrons. The number of hydrogen-bond donors (Lipinski definition) is 1. The monoisotopic (exact) mass is 238 g/mol. The lowest BCUT2D eigenvalue weighted by Crippen LogP contribution is -2.38. The first kappa shape index (κ1) is 14.2. The van der Waals surface area contributed by atoms with Crippen LogP contribution in [0.1, 0.15) is 32.2 Å². The van der Waals surface area contributed by atoms with Crippen LogP contribution < -0.4 is 5.32 Å². The molecule has 1 N–H and O–H groups in total. The van der Waals surface area contributed by atoms with Crippen molar-refractivity contribution in [3.63, 3.8) is 0 Å². The molecule has 17 heavy (non-hydrogen) atoms. The predicted molar refractivity (Wildman–Crippen MR) is 72.0 cm³/mol. The Morgan fingerprint density at radius 1 is 1.41 bits per heavy atom. The van der Waals surface area contributed by atoms with Gasteiger partial charge in [0.25, 0.3) is 0 Å². The summed E-state index contributed by atoms with van der Waals surface area (Å²) < 4.78 is 1.92. The highest BCUT2D eigenvalue weighted by molar-refractivity contribution is 5.08. The van der Waals surface area contributed by atoms with Gasteiger partial charge in [0.15, 0.2) is 0 Å². The van der Waals surface area contributed by atoms with E-state index in [9.17, 15) is 0 Å². The van der Waals surface area contributed by atoms with Crippen molar-refractivity contribution in [2.45, 2.75) is 40.3 Å². The fraction of sp³-hybridized carbons (Fsp3) is 0.769. The van der Waals surface area contributed by atoms with Gasteiger partial charge in [0.2, 0.25) is 0 Å². The van der Waals surface area contributed by atoms with Crippen molar-refractivity contribution in [3.8, 4) is 0 Å². The van der Waals surface area contributed by atoms with Gasteiger partial charge >= 0.3 is 0 Å². The number of likely N-dealkylation sites (N-methyl/N-ethyl adjacent to an activating group) is 1. The summed E-state index contributed by atoms with van der Waals surface area (Å²) in [4.78, 5) is 2.43. The average molecular weight is 238 g/mol. The number of aryl methyl sites for hydroxylation is 2. The maximum absolute atomic E-state index is 4.44. The van der Waals surface area contributed by atoms with Crippen molar-refractivity contribution in [1.29, 1.82) is 0 Å². The van der Waals surface area contributed by atoms with E-state index in [1.165, 1.54) is 5.69 Å². The van der Waals surface area contributed by atoms with Gasteiger partial charge in [-0.05, 0) is 33.0 Å². The van der Waals surface area contributed by atoms with E-state index in [0.717, 1.165) is 31.9 Å². The Bertz CT molecular complexity index is 309. The van der Waals surface area contributed by atoms with E-state index in [-0.39, 0.29) is 0 Å². The number of nitrogens with zero attached hydrogens (tertiary/aromatic N) is 3. The summed E-state index contributed by atoms with van der Waals surface area (Å²) in [6, 6.07) is 2.63. The topological polar surface area (TPSA) is 33.1 Å². The molecule has 1 rings (SSSR count). The van der Waals surface area contributed by atoms with Crippen molar-refractivity contribution in [2.24, 2.45) is 7.05 Å². The first-order valence-electron chi connectivity index (χ1n) is 6.52. The molecule has 0 fully saturated rings. The molecule has 0 aliphatic rings. The van der Waals surface area contributed by atoms with Crippen LogP contribution in [0.5, 0.6) is 0 Å². The van der Waals surface area contributed by atoms with Gasteiger partial charge in [0.1, 0.15) is 0 Å². The van der Waals surface area contributed by atoms with E-state index in [1.54, 1.807) is 0 Å². The second kappa shape index (κ2) is 6.77. The Morgan fingerprint density at radius 3 is 2.53 bits per heavy atom. The van der Waals surface area contributed by atoms with Crippen molar-refractivity contribution in [1.82, 2.24) is 20.0 Å². The molecule has 0 aliphatic carbocycles. The molecule has 4 nitrogen and oxygen atoms in total. The molecule has 0 spiro atoms. The summed E-state index contributed by atoms with van der Waals surface area (Å²) in [6.45, 7) is 12.9. The standard InChI is InChI=1S/C13H26N4/c1-6-17(7-2)10-11(3)14-9-13-8-12(4)16(5)15-13/h8,11,14H,6-7,9-10H2,1-5H3. The maximum atomic E-state index is 4.44. The molecule has 0 aromatic carbocycles. The highest BCUT2D eigenvalue weighted by Gasteiger charge is 2.07. The molecule has 0 saturated carbocycles. The van der Waals surface area contributed by atoms with Gasteiger partial charge in [-0.15, -0.1) is 0 Å². The summed E-state index contributed by atoms with van der Waals surface area (Å²) in [5, 5.41) is 7.96. The summed E-state index contributed by atoms with van der Waals surface area (Å²) in [7, 11) is 1.98. The van der Waals surface area contributed by atoms with E-state index < -0.39 is 0 Å². The highest BCUT2D eigenvalue weighted by Crippen LogP contribution is 2.01. The number of rotatable bonds is 7. The first-order valence-corrected chi connectivity index (χ1v) is 6.52. The minimum Gasteiger partial charge on any atom is -0.307 e. The molecule has 0 amide bonds. The molecular weight excluding hydrogens is 212 g/mol. The summed E-state index contributed by atoms with van der Waals surface area (Å²) in [6.07, 6.45) is 0. The fourth-order valence-electron chi connectivity index (χ4n) is 1.93. The van der Waals surface area contributed by atoms with Crippen molar-refractivity contribution >= 4 is 0 Å². The van der Waals surface area contributed by atoms with Crippen LogP contribution in [0.3, 0.4) is 0 Å². The highest BCUT2D eigenvalue weighted by atomic mass is 15.3. The summed E-state index contributed by atoms with van der Waals surface area (Å²) >= 11 is 0. The second-order valence-electron chi connectivity index (χ2n) is 4.67. The third-order valence-corrected chi connectivity index (χ3v) is 3.22. The molecule has 1 aromatic rings. The molecule has 1 aromatic heterocycles. The Balaban J connectivity index is 2.35. The number of hydrogen-bond acceptors (Lipinski definition) is 3. The fourth-order valence-corrected chi connectivity index (χ4v) is 1.93. The summed E-state index contributed by atoms with van der Waals surface area (Å²) in [5.74, 6) is 0. The van der Waals surface area contributed by atoms with Gasteiger partial charge < -0.3 is 10.2 Å². The Hall–Kier alpha value is -0.870. The molecule has 1 heterocycles. The van der Waals surface area contributed by atoms with Gasteiger partial charge in [-0.25, -0.2) is 0 Å². The van der Waals surface area contributed by atoms with Crippen LogP contribution >= 0.6 is 0 Å². The van der Waals surface area contributed by atoms with Crippen LogP contribution in [0.25, 0.3) is 0 Å². The molecule has 0 radical (unpaired) electrons. The minimum atomic E-state index is 0.497. The van der Waals surface area contributed by atoms with Crippen LogP contribution in [0.2, 0.25) is 0 Å². The lowest BCUT2D eigenvalue weighted by Gasteiger charge is -2.23. The largest absolute Gasteiger partial charge is 0.307 e. The minimum absolute atomic E-state index is 0.497. The van der Waals surface area contributed by atoms with E-state index in [2.05, 4.69) is 49.1 Å². The van der Waals surface area contributed by atoms with Crippen molar-refractivity contribution in [2.75, 3.05) is 19.6 Å². The van der Waals surface area contributed by atoms with Gasteiger partial charge in [-0.2, -0.15) is 5.10 Å². The van der Waals surface area contributed by atoms with Gasteiger partial charge in [0.05, 0.1) is 5.69 Å². The molecule has 1 atom stereocenters. The third-order valence-electron chi connectivity index (χ3n) is 3.22. The summed E-state index contributed by atoms with van der Waals surface area (Å²) in [5.41, 5.74) is 2.33. The smallest absolute Gasteiger partial charge is 0.0765 e. The first-order chi connectivity index (χ1) is 8.06. The molecule has 1 unspecified atom stereocenters. The van der Waals surface area contributed by atoms with Crippen LogP contribution in [0, 0.1) is 6.92 Å². The van der Waals surface area contributed by atoms with Crippen LogP contribution in [0.15, 0.2) is 6.07 Å². The van der Waals surface area contributed by atoms with Gasteiger partial charge in [-0.1, -0.05) is 13.8 Å². The van der Waals surface area contributed by atoms with Crippen LogP contribution in [-0.2, 0) is 13.6 Å². The third kappa shape index (κ3) is 4.48. The van der Waals surface area contributed by atoms with Gasteiger partial charge in [0, 0.05) is 31.9 Å². The molecule has 4 heteroatoms. The van der Waals surface area contributed by atoms with Crippen LogP contribution in [-0.4, -0.2) is 40.4 Å². The Labute approximate surface area is 105 Å². The lowest BCUT2D eigenvalue weighted by molar-refractivity contribution is 0.270. The van der Waals surface area contributed by atoms with E-state index >= 15 is 0 Å². The zero-order chi connectivity index (χ0) is 12.8. The maximum Gasteiger partial charge on any atom is 0.0765 e. The number of aromatic nitrogens is 2. The zero-order valence-corrected chi connectivity index (χ0v) is 11.8. The predicted octanol–water partition coefficient (Wildman–Crippen LogP) is 1.55. The molecular formula is C13H26N4. The second-order valence-corrected chi connectivity index (χ2v) is 4.67. The van der Waals surface area contributed by atoms with E-state index in [4.69, 9.17) is 0 Å². The van der Waals surface area contributed by atoms with Crippen molar-refractivity contribution < 1.29 is 0 Å².